The quantitative estimate of drug-likeness (QED) is 0.661. The van der Waals surface area contributed by atoms with E-state index in [0.717, 1.165) is 11.1 Å². The lowest BCUT2D eigenvalue weighted by Gasteiger charge is -2.47. The molecule has 8 heteroatoms. The molecule has 2 heterocycles. The average Bonchev–Trinajstić information content (AvgIpc) is 3.12. The van der Waals surface area contributed by atoms with Crippen molar-refractivity contribution in [2.24, 2.45) is 5.92 Å². The van der Waals surface area contributed by atoms with Crippen LogP contribution in [0.4, 0.5) is 4.79 Å². The maximum absolute atomic E-state index is 13.5. The number of nitrogens with one attached hydrogen (secondary N) is 2. The Hall–Kier alpha value is -3.65. The second-order valence-electron chi connectivity index (χ2n) is 8.37. The zero-order chi connectivity index (χ0) is 23.1. The van der Waals surface area contributed by atoms with Crippen LogP contribution >= 0.6 is 0 Å². The zero-order valence-electron chi connectivity index (χ0n) is 18.5. The molecule has 0 aromatic heterocycles. The number of amides is 3. The zero-order valence-corrected chi connectivity index (χ0v) is 18.5. The van der Waals surface area contributed by atoms with Crippen LogP contribution in [-0.4, -0.2) is 56.2 Å². The summed E-state index contributed by atoms with van der Waals surface area (Å²) in [5, 5.41) is 5.90. The lowest BCUT2D eigenvalue weighted by Crippen LogP contribution is -2.67. The maximum Gasteiger partial charge on any atom is 0.325 e. The van der Waals surface area contributed by atoms with Gasteiger partial charge in [0.05, 0.1) is 18.7 Å². The molecule has 0 bridgehead atoms. The van der Waals surface area contributed by atoms with Crippen molar-refractivity contribution in [1.82, 2.24) is 15.5 Å². The number of nitrogens with zero attached hydrogens (tertiary/aromatic N) is 1. The minimum absolute atomic E-state index is 0.102. The molecule has 2 aromatic rings. The highest BCUT2D eigenvalue weighted by molar-refractivity contribution is 6.22. The van der Waals surface area contributed by atoms with E-state index in [0.29, 0.717) is 42.2 Å². The molecule has 1 aliphatic carbocycles. The number of ether oxygens (including phenoxy) is 2. The Morgan fingerprint density at radius 1 is 1.00 bits per heavy atom. The highest BCUT2D eigenvalue weighted by Crippen LogP contribution is 2.48. The Bertz CT molecular complexity index is 1170. The van der Waals surface area contributed by atoms with Crippen LogP contribution in [-0.2, 0) is 9.53 Å². The smallest absolute Gasteiger partial charge is 0.325 e. The third-order valence-electron chi connectivity index (χ3n) is 6.59. The number of carbonyl (C=O) groups is 3. The van der Waals surface area contributed by atoms with Crippen LogP contribution in [0.15, 0.2) is 54.1 Å². The number of hydrogen-bond donors (Lipinski definition) is 2. The molecule has 3 atom stereocenters. The van der Waals surface area contributed by atoms with Crippen molar-refractivity contribution in [1.29, 1.82) is 0 Å². The maximum atomic E-state index is 13.5. The number of methoxy groups -OCH3 is 2. The SMILES string of the molecule is COCCCN1C(=O)NC(=O)C2C(c3cccc(OC)c3)C3=C(NC21)c1ccccc1C3=O. The van der Waals surface area contributed by atoms with Crippen molar-refractivity contribution in [3.05, 3.63) is 70.8 Å². The Balaban J connectivity index is 1.67. The molecule has 3 unspecified atom stereocenters. The molecule has 33 heavy (non-hydrogen) atoms. The summed E-state index contributed by atoms with van der Waals surface area (Å²) in [4.78, 5) is 41.2. The molecule has 3 amide bonds. The van der Waals surface area contributed by atoms with Crippen LogP contribution in [0.25, 0.3) is 5.70 Å². The molecule has 2 N–H and O–H groups in total. The van der Waals surface area contributed by atoms with E-state index >= 15 is 0 Å². The molecule has 3 aliphatic rings. The van der Waals surface area contributed by atoms with Crippen molar-refractivity contribution in [2.75, 3.05) is 27.4 Å². The van der Waals surface area contributed by atoms with E-state index in [1.807, 2.05) is 42.5 Å². The highest BCUT2D eigenvalue weighted by Gasteiger charge is 2.53. The second-order valence-corrected chi connectivity index (χ2v) is 8.37. The van der Waals surface area contributed by atoms with E-state index in [1.54, 1.807) is 25.2 Å². The number of carbonyl (C=O) groups excluding carboxylic acids is 3. The topological polar surface area (TPSA) is 97.0 Å². The molecule has 0 radical (unpaired) electrons. The van der Waals surface area contributed by atoms with E-state index in [4.69, 9.17) is 9.47 Å². The first-order valence-electron chi connectivity index (χ1n) is 10.9. The van der Waals surface area contributed by atoms with Crippen LogP contribution in [0.5, 0.6) is 5.75 Å². The van der Waals surface area contributed by atoms with Crippen LogP contribution in [0.3, 0.4) is 0 Å². The number of fused-ring (bicyclic) bond motifs is 3. The Morgan fingerprint density at radius 2 is 1.79 bits per heavy atom. The van der Waals surface area contributed by atoms with Crippen LogP contribution in [0.1, 0.15) is 33.8 Å². The van der Waals surface area contributed by atoms with Crippen LogP contribution in [0, 0.1) is 5.92 Å². The van der Waals surface area contributed by atoms with Crippen molar-refractivity contribution >= 4 is 23.4 Å². The fourth-order valence-electron chi connectivity index (χ4n) is 5.14. The number of rotatable bonds is 6. The Morgan fingerprint density at radius 3 is 2.55 bits per heavy atom. The minimum Gasteiger partial charge on any atom is -0.497 e. The number of Topliss-reactive ketones (excluding diaryl/α,β-unsaturated/α-hetero) is 1. The number of benzene rings is 2. The minimum atomic E-state index is -0.686. The van der Waals surface area contributed by atoms with Gasteiger partial charge in [-0.05, 0) is 24.1 Å². The summed E-state index contributed by atoms with van der Waals surface area (Å²) in [6.45, 7) is 0.897. The van der Waals surface area contributed by atoms with Crippen LogP contribution < -0.4 is 15.4 Å². The van der Waals surface area contributed by atoms with Crippen molar-refractivity contribution in [3.63, 3.8) is 0 Å². The first-order chi connectivity index (χ1) is 16.0. The number of imide groups is 1. The standard InChI is InChI=1S/C25H25N3O5/c1-32-12-6-11-28-23-20(24(30)27-25(28)31)18(14-7-5-8-15(13-14)33-2)19-21(26-23)16-9-3-4-10-17(16)22(19)29/h3-5,7-10,13,18,20,23,26H,6,11-12H2,1-2H3,(H,27,30,31). The molecule has 8 nitrogen and oxygen atoms in total. The van der Waals surface area contributed by atoms with Gasteiger partial charge in [0.1, 0.15) is 11.9 Å². The molecule has 1 saturated heterocycles. The van der Waals surface area contributed by atoms with Gasteiger partial charge in [0, 0.05) is 42.9 Å². The Labute approximate surface area is 191 Å². The molecular formula is C25H25N3O5. The van der Waals surface area contributed by atoms with Crippen molar-refractivity contribution < 1.29 is 23.9 Å². The summed E-state index contributed by atoms with van der Waals surface area (Å²) >= 11 is 0. The van der Waals surface area contributed by atoms with Gasteiger partial charge in [-0.15, -0.1) is 0 Å². The normalized spacial score (nSPS) is 23.5. The monoisotopic (exact) mass is 447 g/mol. The average molecular weight is 447 g/mol. The van der Waals surface area contributed by atoms with E-state index in [2.05, 4.69) is 10.6 Å². The lowest BCUT2D eigenvalue weighted by atomic mass is 9.73. The summed E-state index contributed by atoms with van der Waals surface area (Å²) < 4.78 is 10.6. The summed E-state index contributed by atoms with van der Waals surface area (Å²) in [6, 6.07) is 14.4. The van der Waals surface area contributed by atoms with Gasteiger partial charge in [-0.2, -0.15) is 0 Å². The van der Waals surface area contributed by atoms with Gasteiger partial charge < -0.3 is 19.7 Å². The first-order valence-corrected chi connectivity index (χ1v) is 10.9. The molecule has 170 valence electrons. The fourth-order valence-corrected chi connectivity index (χ4v) is 5.14. The van der Waals surface area contributed by atoms with Gasteiger partial charge in [0.2, 0.25) is 5.91 Å². The Kier molecular flexibility index (Phi) is 5.38. The van der Waals surface area contributed by atoms with Crippen molar-refractivity contribution in [3.8, 4) is 5.75 Å². The molecule has 1 fully saturated rings. The van der Waals surface area contributed by atoms with Gasteiger partial charge in [-0.25, -0.2) is 4.79 Å². The van der Waals surface area contributed by atoms with Gasteiger partial charge in [0.15, 0.2) is 5.78 Å². The summed E-state index contributed by atoms with van der Waals surface area (Å²) in [5.41, 5.74) is 3.41. The number of urea groups is 1. The third kappa shape index (κ3) is 3.38. The molecule has 2 aromatic carbocycles. The van der Waals surface area contributed by atoms with Gasteiger partial charge in [-0.3, -0.25) is 14.9 Å². The summed E-state index contributed by atoms with van der Waals surface area (Å²) in [6.07, 6.45) is 0.0193. The van der Waals surface area contributed by atoms with Gasteiger partial charge >= 0.3 is 6.03 Å². The fraction of sp³-hybridized carbons (Fsp3) is 0.320. The number of hydrogen-bond acceptors (Lipinski definition) is 6. The summed E-state index contributed by atoms with van der Waals surface area (Å²) in [5.74, 6) is -1.09. The number of allylic oxidation sites excluding steroid dienone is 1. The van der Waals surface area contributed by atoms with Gasteiger partial charge in [0.25, 0.3) is 0 Å². The highest BCUT2D eigenvalue weighted by atomic mass is 16.5. The molecule has 0 spiro atoms. The lowest BCUT2D eigenvalue weighted by molar-refractivity contribution is -0.129. The van der Waals surface area contributed by atoms with Gasteiger partial charge in [-0.1, -0.05) is 36.4 Å². The molecule has 5 rings (SSSR count). The summed E-state index contributed by atoms with van der Waals surface area (Å²) in [7, 11) is 3.19. The van der Waals surface area contributed by atoms with Crippen molar-refractivity contribution in [2.45, 2.75) is 18.5 Å². The molecular weight excluding hydrogens is 422 g/mol. The van der Waals surface area contributed by atoms with E-state index in [-0.39, 0.29) is 5.78 Å². The number of ketones is 1. The van der Waals surface area contributed by atoms with E-state index in [1.165, 1.54) is 0 Å². The first kappa shape index (κ1) is 21.2. The van der Waals surface area contributed by atoms with Crippen LogP contribution in [0.2, 0.25) is 0 Å². The third-order valence-corrected chi connectivity index (χ3v) is 6.59. The predicted molar refractivity (Wildman–Crippen MR) is 121 cm³/mol. The predicted octanol–water partition coefficient (Wildman–Crippen LogP) is 2.52. The molecule has 0 saturated carbocycles. The van der Waals surface area contributed by atoms with E-state index < -0.39 is 29.9 Å². The van der Waals surface area contributed by atoms with E-state index in [9.17, 15) is 14.4 Å². The second kappa shape index (κ2) is 8.37. The largest absolute Gasteiger partial charge is 0.497 e. The molecule has 2 aliphatic heterocycles.